The monoisotopic (exact) mass is 272 g/mol. The van der Waals surface area contributed by atoms with Crippen LogP contribution in [0.3, 0.4) is 0 Å². The van der Waals surface area contributed by atoms with Crippen molar-refractivity contribution in [2.24, 2.45) is 0 Å². The summed E-state index contributed by atoms with van der Waals surface area (Å²) < 4.78 is 0. The summed E-state index contributed by atoms with van der Waals surface area (Å²) in [5, 5.41) is 1.49. The lowest BCUT2D eigenvalue weighted by molar-refractivity contribution is 0.155. The summed E-state index contributed by atoms with van der Waals surface area (Å²) in [6.07, 6.45) is 1.000. The Morgan fingerprint density at radius 3 is 2.47 bits per heavy atom. The maximum atomic E-state index is 6.16. The van der Waals surface area contributed by atoms with E-state index in [0.29, 0.717) is 5.02 Å². The summed E-state index contributed by atoms with van der Waals surface area (Å²) in [5.41, 5.74) is 1.19. The Morgan fingerprint density at radius 2 is 1.82 bits per heavy atom. The topological polar surface area (TPSA) is 6.48 Å². The highest BCUT2D eigenvalue weighted by atomic mass is 35.5. The molecule has 1 fully saturated rings. The summed E-state index contributed by atoms with van der Waals surface area (Å²) in [6, 6.07) is 5.76. The predicted molar refractivity (Wildman–Crippen MR) is 74.1 cm³/mol. The quantitative estimate of drug-likeness (QED) is 0.835. The van der Waals surface area contributed by atoms with Crippen LogP contribution in [0.1, 0.15) is 5.56 Å². The van der Waals surface area contributed by atoms with Crippen LogP contribution in [0.25, 0.3) is 0 Å². The minimum Gasteiger partial charge on any atom is -0.304 e. The van der Waals surface area contributed by atoms with Crippen molar-refractivity contribution in [1.29, 1.82) is 0 Å². The molecule has 0 bridgehead atoms. The van der Waals surface area contributed by atoms with Crippen molar-refractivity contribution in [3.63, 3.8) is 0 Å². The van der Waals surface area contributed by atoms with Crippen LogP contribution in [0.5, 0.6) is 0 Å². The second-order valence-electron chi connectivity index (χ2n) is 4.63. The minimum absolute atomic E-state index is 0.707. The summed E-state index contributed by atoms with van der Waals surface area (Å²) in [7, 11) is 2.17. The fourth-order valence-corrected chi connectivity index (χ4v) is 2.58. The van der Waals surface area contributed by atoms with Gasteiger partial charge in [0.1, 0.15) is 0 Å². The Hall–Kier alpha value is -0.280. The van der Waals surface area contributed by atoms with E-state index in [-0.39, 0.29) is 0 Å². The van der Waals surface area contributed by atoms with Crippen molar-refractivity contribution in [3.05, 3.63) is 33.8 Å². The van der Waals surface area contributed by atoms with E-state index >= 15 is 0 Å². The third kappa shape index (κ3) is 3.85. The lowest BCUT2D eigenvalue weighted by atomic mass is 10.1. The average Bonchev–Trinajstić information content (AvgIpc) is 2.30. The van der Waals surface area contributed by atoms with Crippen LogP contribution in [0.4, 0.5) is 0 Å². The Balaban J connectivity index is 1.85. The number of likely N-dealkylation sites (N-methyl/N-ethyl adjacent to an activating group) is 1. The highest BCUT2D eigenvalue weighted by molar-refractivity contribution is 6.35. The van der Waals surface area contributed by atoms with Gasteiger partial charge in [0.2, 0.25) is 0 Å². The zero-order valence-electron chi connectivity index (χ0n) is 10.1. The third-order valence-electron chi connectivity index (χ3n) is 3.31. The van der Waals surface area contributed by atoms with Crippen molar-refractivity contribution >= 4 is 23.2 Å². The van der Waals surface area contributed by atoms with Crippen molar-refractivity contribution in [1.82, 2.24) is 9.80 Å². The lowest BCUT2D eigenvalue weighted by Crippen LogP contribution is -2.45. The van der Waals surface area contributed by atoms with Gasteiger partial charge in [0, 0.05) is 42.8 Å². The molecule has 1 aliphatic heterocycles. The van der Waals surface area contributed by atoms with Gasteiger partial charge in [-0.05, 0) is 31.2 Å². The Kier molecular flexibility index (Phi) is 4.69. The second kappa shape index (κ2) is 6.05. The van der Waals surface area contributed by atoms with E-state index in [1.165, 1.54) is 5.56 Å². The molecule has 0 aliphatic carbocycles. The maximum absolute atomic E-state index is 6.16. The molecule has 94 valence electrons. The van der Waals surface area contributed by atoms with Crippen molar-refractivity contribution < 1.29 is 0 Å². The third-order valence-corrected chi connectivity index (χ3v) is 3.90. The normalized spacial score (nSPS) is 18.5. The fourth-order valence-electron chi connectivity index (χ4n) is 2.07. The Bertz CT molecular complexity index is 374. The first kappa shape index (κ1) is 13.2. The van der Waals surface area contributed by atoms with Crippen LogP contribution >= 0.6 is 23.2 Å². The summed E-state index contributed by atoms with van der Waals surface area (Å²) in [6.45, 7) is 5.71. The van der Waals surface area contributed by atoms with E-state index in [9.17, 15) is 0 Å². The molecule has 1 aromatic rings. The Labute approximate surface area is 113 Å². The molecule has 2 nitrogen and oxygen atoms in total. The van der Waals surface area contributed by atoms with Crippen molar-refractivity contribution in [2.45, 2.75) is 6.42 Å². The van der Waals surface area contributed by atoms with Crippen molar-refractivity contribution in [3.8, 4) is 0 Å². The molecule has 1 saturated heterocycles. The molecule has 17 heavy (non-hydrogen) atoms. The number of hydrogen-bond donors (Lipinski definition) is 0. The summed E-state index contributed by atoms with van der Waals surface area (Å²) >= 11 is 12.0. The van der Waals surface area contributed by atoms with E-state index in [0.717, 1.165) is 44.2 Å². The van der Waals surface area contributed by atoms with E-state index in [2.05, 4.69) is 16.8 Å². The minimum atomic E-state index is 0.707. The molecule has 0 spiro atoms. The number of benzene rings is 1. The number of nitrogens with zero attached hydrogens (tertiary/aromatic N) is 2. The van der Waals surface area contributed by atoms with Crippen LogP contribution < -0.4 is 0 Å². The van der Waals surface area contributed by atoms with Crippen LogP contribution in [-0.4, -0.2) is 49.6 Å². The first-order chi connectivity index (χ1) is 8.15. The first-order valence-electron chi connectivity index (χ1n) is 6.00. The van der Waals surface area contributed by atoms with Crippen molar-refractivity contribution in [2.75, 3.05) is 39.8 Å². The predicted octanol–water partition coefficient (Wildman–Crippen LogP) is 2.78. The first-order valence-corrected chi connectivity index (χ1v) is 6.75. The zero-order chi connectivity index (χ0) is 12.3. The van der Waals surface area contributed by atoms with Crippen LogP contribution in [-0.2, 0) is 6.42 Å². The van der Waals surface area contributed by atoms with Gasteiger partial charge in [-0.15, -0.1) is 0 Å². The molecule has 2 rings (SSSR count). The van der Waals surface area contributed by atoms with Gasteiger partial charge >= 0.3 is 0 Å². The number of hydrogen-bond acceptors (Lipinski definition) is 2. The van der Waals surface area contributed by atoms with E-state index in [4.69, 9.17) is 23.2 Å². The highest BCUT2D eigenvalue weighted by Gasteiger charge is 2.13. The Morgan fingerprint density at radius 1 is 1.12 bits per heavy atom. The number of halogens is 2. The average molecular weight is 273 g/mol. The smallest absolute Gasteiger partial charge is 0.0453 e. The van der Waals surface area contributed by atoms with Gasteiger partial charge < -0.3 is 9.80 Å². The molecule has 0 saturated carbocycles. The fraction of sp³-hybridized carbons (Fsp3) is 0.538. The van der Waals surface area contributed by atoms with Crippen LogP contribution in [0, 0.1) is 0 Å². The van der Waals surface area contributed by atoms with E-state index < -0.39 is 0 Å². The summed E-state index contributed by atoms with van der Waals surface area (Å²) in [4.78, 5) is 4.86. The van der Waals surface area contributed by atoms with Gasteiger partial charge in [-0.1, -0.05) is 29.3 Å². The molecule has 0 radical (unpaired) electrons. The molecule has 4 heteroatoms. The molecule has 0 N–H and O–H groups in total. The second-order valence-corrected chi connectivity index (χ2v) is 5.47. The molecular formula is C13H18Cl2N2. The molecule has 0 amide bonds. The molecule has 0 atom stereocenters. The van der Waals surface area contributed by atoms with Gasteiger partial charge in [0.05, 0.1) is 0 Å². The lowest BCUT2D eigenvalue weighted by Gasteiger charge is -2.32. The molecule has 1 heterocycles. The van der Waals surface area contributed by atoms with Gasteiger partial charge in [-0.2, -0.15) is 0 Å². The number of piperazine rings is 1. The van der Waals surface area contributed by atoms with E-state index in [1.54, 1.807) is 0 Å². The van der Waals surface area contributed by atoms with Crippen LogP contribution in [0.2, 0.25) is 10.0 Å². The van der Waals surface area contributed by atoms with Gasteiger partial charge in [-0.3, -0.25) is 0 Å². The summed E-state index contributed by atoms with van der Waals surface area (Å²) in [5.74, 6) is 0. The molecule has 0 unspecified atom stereocenters. The molecular weight excluding hydrogens is 255 g/mol. The molecule has 1 aromatic carbocycles. The van der Waals surface area contributed by atoms with E-state index in [1.807, 2.05) is 18.2 Å². The van der Waals surface area contributed by atoms with Gasteiger partial charge in [-0.25, -0.2) is 0 Å². The largest absolute Gasteiger partial charge is 0.304 e. The maximum Gasteiger partial charge on any atom is 0.0453 e. The van der Waals surface area contributed by atoms with Gasteiger partial charge in [0.25, 0.3) is 0 Å². The molecule has 0 aromatic heterocycles. The highest BCUT2D eigenvalue weighted by Crippen LogP contribution is 2.21. The van der Waals surface area contributed by atoms with Gasteiger partial charge in [0.15, 0.2) is 0 Å². The SMILES string of the molecule is CN1CCN(CCc2ccc(Cl)cc2Cl)CC1. The zero-order valence-corrected chi connectivity index (χ0v) is 11.6. The van der Waals surface area contributed by atoms with Crippen LogP contribution in [0.15, 0.2) is 18.2 Å². The number of rotatable bonds is 3. The molecule has 1 aliphatic rings. The standard InChI is InChI=1S/C13H18Cl2N2/c1-16-6-8-17(9-7-16)5-4-11-2-3-12(14)10-13(11)15/h2-3,10H,4-9H2,1H3.